The van der Waals surface area contributed by atoms with Gasteiger partial charge in [0.25, 0.3) is 5.91 Å². The molecule has 2 aromatic carbocycles. The topological polar surface area (TPSA) is 90.8 Å². The van der Waals surface area contributed by atoms with Gasteiger partial charge in [-0.25, -0.2) is 0 Å². The summed E-state index contributed by atoms with van der Waals surface area (Å²) in [4.78, 5) is 11.3. The second-order valence-corrected chi connectivity index (χ2v) is 4.72. The van der Waals surface area contributed by atoms with Crippen molar-refractivity contribution >= 4 is 17.3 Å². The number of rotatable bonds is 3. The van der Waals surface area contributed by atoms with Crippen molar-refractivity contribution in [2.75, 3.05) is 17.2 Å². The molecular weight excluding hydrogens is 272 g/mol. The SMILES string of the molecule is O=C1COc2ccc(NCc3ccc(O)c(O)c3)cc2N1. The van der Waals surface area contributed by atoms with E-state index < -0.39 is 0 Å². The normalized spacial score (nSPS) is 13.0. The van der Waals surface area contributed by atoms with Gasteiger partial charge in [-0.3, -0.25) is 4.79 Å². The smallest absolute Gasteiger partial charge is 0.262 e. The molecule has 1 amide bonds. The quantitative estimate of drug-likeness (QED) is 0.648. The maximum atomic E-state index is 11.3. The Balaban J connectivity index is 1.72. The van der Waals surface area contributed by atoms with E-state index in [1.807, 2.05) is 6.07 Å². The number of anilines is 2. The van der Waals surface area contributed by atoms with Crippen LogP contribution >= 0.6 is 0 Å². The molecule has 0 saturated heterocycles. The van der Waals surface area contributed by atoms with E-state index in [1.165, 1.54) is 12.1 Å². The maximum Gasteiger partial charge on any atom is 0.262 e. The van der Waals surface area contributed by atoms with E-state index in [2.05, 4.69) is 10.6 Å². The predicted octanol–water partition coefficient (Wildman–Crippen LogP) is 2.04. The van der Waals surface area contributed by atoms with Crippen LogP contribution in [0.5, 0.6) is 17.2 Å². The molecule has 6 nitrogen and oxygen atoms in total. The monoisotopic (exact) mass is 286 g/mol. The van der Waals surface area contributed by atoms with E-state index >= 15 is 0 Å². The van der Waals surface area contributed by atoms with E-state index in [9.17, 15) is 15.0 Å². The van der Waals surface area contributed by atoms with Crippen LogP contribution in [0.15, 0.2) is 36.4 Å². The molecule has 1 aliphatic rings. The van der Waals surface area contributed by atoms with Crippen molar-refractivity contribution < 1.29 is 19.7 Å². The van der Waals surface area contributed by atoms with Crippen LogP contribution in [-0.4, -0.2) is 22.7 Å². The van der Waals surface area contributed by atoms with Crippen molar-refractivity contribution in [3.8, 4) is 17.2 Å². The van der Waals surface area contributed by atoms with Crippen LogP contribution < -0.4 is 15.4 Å². The number of hydrogen-bond acceptors (Lipinski definition) is 5. The van der Waals surface area contributed by atoms with Crippen LogP contribution in [0.4, 0.5) is 11.4 Å². The number of phenols is 2. The lowest BCUT2D eigenvalue weighted by Gasteiger charge is -2.19. The first-order chi connectivity index (χ1) is 10.1. The highest BCUT2D eigenvalue weighted by atomic mass is 16.5. The summed E-state index contributed by atoms with van der Waals surface area (Å²) in [6.07, 6.45) is 0. The Bertz CT molecular complexity index is 700. The van der Waals surface area contributed by atoms with Gasteiger partial charge in [0, 0.05) is 12.2 Å². The lowest BCUT2D eigenvalue weighted by atomic mass is 10.2. The number of ether oxygens (including phenoxy) is 1. The van der Waals surface area contributed by atoms with Gasteiger partial charge in [-0.2, -0.15) is 0 Å². The second kappa shape index (κ2) is 5.24. The van der Waals surface area contributed by atoms with Crippen LogP contribution in [-0.2, 0) is 11.3 Å². The molecule has 0 fully saturated rings. The summed E-state index contributed by atoms with van der Waals surface area (Å²) in [6.45, 7) is 0.508. The van der Waals surface area contributed by atoms with Gasteiger partial charge in [-0.1, -0.05) is 6.07 Å². The summed E-state index contributed by atoms with van der Waals surface area (Å²) in [5.41, 5.74) is 2.26. The Morgan fingerprint density at radius 3 is 2.81 bits per heavy atom. The Morgan fingerprint density at radius 1 is 1.14 bits per heavy atom. The number of phenolic OH excluding ortho intramolecular Hbond substituents is 2. The van der Waals surface area contributed by atoms with Gasteiger partial charge in [0.2, 0.25) is 0 Å². The fourth-order valence-corrected chi connectivity index (χ4v) is 2.08. The fraction of sp³-hybridized carbons (Fsp3) is 0.133. The van der Waals surface area contributed by atoms with Gasteiger partial charge < -0.3 is 25.6 Å². The predicted molar refractivity (Wildman–Crippen MR) is 77.7 cm³/mol. The molecule has 108 valence electrons. The van der Waals surface area contributed by atoms with Gasteiger partial charge in [0.1, 0.15) is 5.75 Å². The van der Waals surface area contributed by atoms with Gasteiger partial charge in [0.15, 0.2) is 18.1 Å². The van der Waals surface area contributed by atoms with Crippen molar-refractivity contribution in [2.24, 2.45) is 0 Å². The number of carbonyl (C=O) groups excluding carboxylic acids is 1. The van der Waals surface area contributed by atoms with E-state index in [4.69, 9.17) is 4.74 Å². The lowest BCUT2D eigenvalue weighted by molar-refractivity contribution is -0.118. The summed E-state index contributed by atoms with van der Waals surface area (Å²) in [5.74, 6) is 0.165. The Kier molecular flexibility index (Phi) is 3.27. The summed E-state index contributed by atoms with van der Waals surface area (Å²) in [7, 11) is 0. The Labute approximate surface area is 121 Å². The van der Waals surface area contributed by atoms with Gasteiger partial charge in [-0.05, 0) is 35.9 Å². The zero-order valence-corrected chi connectivity index (χ0v) is 11.1. The van der Waals surface area contributed by atoms with Gasteiger partial charge in [-0.15, -0.1) is 0 Å². The third-order valence-electron chi connectivity index (χ3n) is 3.15. The van der Waals surface area contributed by atoms with Crippen LogP contribution in [0.3, 0.4) is 0 Å². The van der Waals surface area contributed by atoms with E-state index in [0.29, 0.717) is 18.0 Å². The summed E-state index contributed by atoms with van der Waals surface area (Å²) in [5, 5.41) is 24.6. The number of benzene rings is 2. The zero-order chi connectivity index (χ0) is 14.8. The average molecular weight is 286 g/mol. The molecule has 0 atom stereocenters. The van der Waals surface area contributed by atoms with E-state index in [-0.39, 0.29) is 24.0 Å². The minimum absolute atomic E-state index is 0.0343. The molecule has 0 unspecified atom stereocenters. The molecule has 4 N–H and O–H groups in total. The van der Waals surface area contributed by atoms with Crippen LogP contribution in [0.2, 0.25) is 0 Å². The molecule has 21 heavy (non-hydrogen) atoms. The summed E-state index contributed by atoms with van der Waals surface area (Å²) >= 11 is 0. The van der Waals surface area contributed by atoms with Crippen molar-refractivity contribution in [3.05, 3.63) is 42.0 Å². The molecule has 0 aromatic heterocycles. The molecule has 0 spiro atoms. The average Bonchev–Trinajstić information content (AvgIpc) is 2.48. The van der Waals surface area contributed by atoms with Gasteiger partial charge in [0.05, 0.1) is 5.69 Å². The highest BCUT2D eigenvalue weighted by Crippen LogP contribution is 2.31. The molecule has 1 heterocycles. The number of hydrogen-bond donors (Lipinski definition) is 4. The third kappa shape index (κ3) is 2.84. The molecule has 2 aromatic rings. The molecule has 6 heteroatoms. The number of aromatic hydroxyl groups is 2. The Hall–Kier alpha value is -2.89. The maximum absolute atomic E-state index is 11.3. The van der Waals surface area contributed by atoms with E-state index in [1.54, 1.807) is 18.2 Å². The zero-order valence-electron chi connectivity index (χ0n) is 11.1. The highest BCUT2D eigenvalue weighted by molar-refractivity contribution is 5.96. The molecule has 0 radical (unpaired) electrons. The van der Waals surface area contributed by atoms with Crippen LogP contribution in [0.25, 0.3) is 0 Å². The van der Waals surface area contributed by atoms with E-state index in [0.717, 1.165) is 11.3 Å². The van der Waals surface area contributed by atoms with Crippen molar-refractivity contribution in [1.82, 2.24) is 0 Å². The molecule has 0 saturated carbocycles. The number of nitrogens with one attached hydrogen (secondary N) is 2. The molecule has 0 bridgehead atoms. The highest BCUT2D eigenvalue weighted by Gasteiger charge is 2.15. The minimum atomic E-state index is -0.178. The first-order valence-corrected chi connectivity index (χ1v) is 6.43. The van der Waals surface area contributed by atoms with Crippen molar-refractivity contribution in [1.29, 1.82) is 0 Å². The largest absolute Gasteiger partial charge is 0.504 e. The summed E-state index contributed by atoms with van der Waals surface area (Å²) < 4.78 is 5.28. The van der Waals surface area contributed by atoms with Crippen molar-refractivity contribution in [3.63, 3.8) is 0 Å². The number of amides is 1. The molecule has 1 aliphatic heterocycles. The molecule has 3 rings (SSSR count). The first kappa shape index (κ1) is 13.1. The van der Waals surface area contributed by atoms with Crippen molar-refractivity contribution in [2.45, 2.75) is 6.54 Å². The lowest BCUT2D eigenvalue weighted by Crippen LogP contribution is -2.25. The van der Waals surface area contributed by atoms with Gasteiger partial charge >= 0.3 is 0 Å². The second-order valence-electron chi connectivity index (χ2n) is 4.72. The third-order valence-corrected chi connectivity index (χ3v) is 3.15. The standard InChI is InChI=1S/C15H14N2O4/c18-12-3-1-9(5-13(12)19)7-16-10-2-4-14-11(6-10)17-15(20)8-21-14/h1-6,16,18-19H,7-8H2,(H,17,20). The molecule has 0 aliphatic carbocycles. The number of fused-ring (bicyclic) bond motifs is 1. The Morgan fingerprint density at radius 2 is 2.00 bits per heavy atom. The minimum Gasteiger partial charge on any atom is -0.504 e. The summed E-state index contributed by atoms with van der Waals surface area (Å²) in [6, 6.07) is 10.1. The van der Waals surface area contributed by atoms with Crippen LogP contribution in [0.1, 0.15) is 5.56 Å². The van der Waals surface area contributed by atoms with Crippen LogP contribution in [0, 0.1) is 0 Å². The number of carbonyl (C=O) groups is 1. The first-order valence-electron chi connectivity index (χ1n) is 6.43. The molecular formula is C15H14N2O4. The fourth-order valence-electron chi connectivity index (χ4n) is 2.08.